The van der Waals surface area contributed by atoms with Crippen LogP contribution in [-0.4, -0.2) is 24.4 Å². The molecule has 74 valence electrons. The highest BCUT2D eigenvalue weighted by Crippen LogP contribution is 1.97. The summed E-state index contributed by atoms with van der Waals surface area (Å²) in [5, 5.41) is 6.83. The van der Waals surface area contributed by atoms with Crippen molar-refractivity contribution in [1.82, 2.24) is 10.5 Å². The van der Waals surface area contributed by atoms with Gasteiger partial charge >= 0.3 is 0 Å². The van der Waals surface area contributed by atoms with Gasteiger partial charge in [-0.05, 0) is 0 Å². The lowest BCUT2D eigenvalue weighted by molar-refractivity contribution is 0.102. The molecule has 0 aliphatic heterocycles. The third-order valence-electron chi connectivity index (χ3n) is 1.53. The van der Waals surface area contributed by atoms with Crippen molar-refractivity contribution in [2.75, 3.05) is 13.2 Å². The molecule has 0 spiro atoms. The van der Waals surface area contributed by atoms with E-state index in [1.165, 1.54) is 0 Å². The number of hydrogen-bond acceptors (Lipinski definition) is 4. The molecule has 0 radical (unpaired) electrons. The van der Waals surface area contributed by atoms with Crippen molar-refractivity contribution in [3.05, 3.63) is 18.0 Å². The first-order valence-electron chi connectivity index (χ1n) is 4.49. The SMILES string of the molecule is CC(C)NCCOCc1ccno1. The van der Waals surface area contributed by atoms with Crippen LogP contribution in [0.15, 0.2) is 16.8 Å². The Hall–Kier alpha value is -0.870. The summed E-state index contributed by atoms with van der Waals surface area (Å²) in [5.41, 5.74) is 0. The molecule has 1 heterocycles. The van der Waals surface area contributed by atoms with E-state index in [1.54, 1.807) is 12.3 Å². The molecule has 1 N–H and O–H groups in total. The minimum Gasteiger partial charge on any atom is -0.372 e. The Morgan fingerprint density at radius 3 is 3.08 bits per heavy atom. The first-order chi connectivity index (χ1) is 6.29. The predicted molar refractivity (Wildman–Crippen MR) is 49.3 cm³/mol. The largest absolute Gasteiger partial charge is 0.372 e. The molecule has 0 amide bonds. The van der Waals surface area contributed by atoms with Gasteiger partial charge in [0.2, 0.25) is 0 Å². The minimum absolute atomic E-state index is 0.500. The zero-order valence-electron chi connectivity index (χ0n) is 8.12. The fourth-order valence-electron chi connectivity index (χ4n) is 0.909. The van der Waals surface area contributed by atoms with Crippen LogP contribution in [0, 0.1) is 0 Å². The van der Waals surface area contributed by atoms with Crippen LogP contribution < -0.4 is 5.32 Å². The second-order valence-corrected chi connectivity index (χ2v) is 3.14. The molecular formula is C9H16N2O2. The number of nitrogens with zero attached hydrogens (tertiary/aromatic N) is 1. The van der Waals surface area contributed by atoms with Gasteiger partial charge in [-0.1, -0.05) is 19.0 Å². The molecule has 4 heteroatoms. The fourth-order valence-corrected chi connectivity index (χ4v) is 0.909. The summed E-state index contributed by atoms with van der Waals surface area (Å²) in [6.45, 7) is 6.28. The van der Waals surface area contributed by atoms with E-state index in [-0.39, 0.29) is 0 Å². The van der Waals surface area contributed by atoms with Gasteiger partial charge < -0.3 is 14.6 Å². The summed E-state index contributed by atoms with van der Waals surface area (Å²) in [4.78, 5) is 0. The maximum atomic E-state index is 5.33. The van der Waals surface area contributed by atoms with E-state index >= 15 is 0 Å². The first kappa shape index (κ1) is 10.2. The highest BCUT2D eigenvalue weighted by atomic mass is 16.5. The van der Waals surface area contributed by atoms with E-state index in [1.807, 2.05) is 0 Å². The molecule has 0 fully saturated rings. The number of rotatable bonds is 6. The van der Waals surface area contributed by atoms with Gasteiger partial charge in [0.25, 0.3) is 0 Å². The molecule has 0 atom stereocenters. The molecule has 0 aliphatic carbocycles. The number of aromatic nitrogens is 1. The van der Waals surface area contributed by atoms with E-state index in [0.29, 0.717) is 19.3 Å². The van der Waals surface area contributed by atoms with Crippen molar-refractivity contribution < 1.29 is 9.26 Å². The summed E-state index contributed by atoms with van der Waals surface area (Å²) in [7, 11) is 0. The Labute approximate surface area is 78.2 Å². The maximum absolute atomic E-state index is 5.33. The maximum Gasteiger partial charge on any atom is 0.162 e. The molecule has 0 aliphatic rings. The minimum atomic E-state index is 0.500. The first-order valence-corrected chi connectivity index (χ1v) is 4.49. The lowest BCUT2D eigenvalue weighted by Crippen LogP contribution is -2.26. The van der Waals surface area contributed by atoms with E-state index in [2.05, 4.69) is 24.3 Å². The van der Waals surface area contributed by atoms with Crippen molar-refractivity contribution in [1.29, 1.82) is 0 Å². The van der Waals surface area contributed by atoms with Gasteiger partial charge in [-0.25, -0.2) is 0 Å². The van der Waals surface area contributed by atoms with Crippen molar-refractivity contribution in [3.8, 4) is 0 Å². The van der Waals surface area contributed by atoms with Crippen molar-refractivity contribution in [3.63, 3.8) is 0 Å². The van der Waals surface area contributed by atoms with Gasteiger partial charge in [0.1, 0.15) is 6.61 Å². The van der Waals surface area contributed by atoms with Crippen LogP contribution in [0.1, 0.15) is 19.6 Å². The summed E-state index contributed by atoms with van der Waals surface area (Å²) < 4.78 is 10.2. The van der Waals surface area contributed by atoms with E-state index < -0.39 is 0 Å². The highest BCUT2D eigenvalue weighted by molar-refractivity contribution is 4.89. The lowest BCUT2D eigenvalue weighted by Gasteiger charge is -2.07. The molecule has 13 heavy (non-hydrogen) atoms. The molecule has 0 saturated heterocycles. The van der Waals surface area contributed by atoms with Crippen LogP contribution in [0.4, 0.5) is 0 Å². The van der Waals surface area contributed by atoms with Gasteiger partial charge in [-0.3, -0.25) is 0 Å². The van der Waals surface area contributed by atoms with Crippen LogP contribution in [0.25, 0.3) is 0 Å². The molecular weight excluding hydrogens is 168 g/mol. The molecule has 0 saturated carbocycles. The standard InChI is InChI=1S/C9H16N2O2/c1-8(2)10-5-6-12-7-9-3-4-11-13-9/h3-4,8,10H,5-7H2,1-2H3. The molecule has 0 aromatic carbocycles. The number of hydrogen-bond donors (Lipinski definition) is 1. The van der Waals surface area contributed by atoms with Crippen LogP contribution in [0.2, 0.25) is 0 Å². The second-order valence-electron chi connectivity index (χ2n) is 3.14. The zero-order chi connectivity index (χ0) is 9.52. The van der Waals surface area contributed by atoms with Gasteiger partial charge in [-0.15, -0.1) is 0 Å². The average molecular weight is 184 g/mol. The summed E-state index contributed by atoms with van der Waals surface area (Å²) >= 11 is 0. The Balaban J connectivity index is 1.96. The van der Waals surface area contributed by atoms with Gasteiger partial charge in [-0.2, -0.15) is 0 Å². The molecule has 0 unspecified atom stereocenters. The topological polar surface area (TPSA) is 47.3 Å². The van der Waals surface area contributed by atoms with E-state index in [9.17, 15) is 0 Å². The second kappa shape index (κ2) is 5.72. The lowest BCUT2D eigenvalue weighted by atomic mass is 10.4. The van der Waals surface area contributed by atoms with E-state index in [4.69, 9.17) is 9.26 Å². The fraction of sp³-hybridized carbons (Fsp3) is 0.667. The number of nitrogens with one attached hydrogen (secondary N) is 1. The smallest absolute Gasteiger partial charge is 0.162 e. The molecule has 0 bridgehead atoms. The third-order valence-corrected chi connectivity index (χ3v) is 1.53. The molecule has 1 aromatic rings. The predicted octanol–water partition coefficient (Wildman–Crippen LogP) is 1.19. The van der Waals surface area contributed by atoms with Gasteiger partial charge in [0.15, 0.2) is 5.76 Å². The third kappa shape index (κ3) is 4.65. The summed E-state index contributed by atoms with van der Waals surface area (Å²) in [6, 6.07) is 2.31. The van der Waals surface area contributed by atoms with Crippen LogP contribution in [-0.2, 0) is 11.3 Å². The Kier molecular flexibility index (Phi) is 4.49. The van der Waals surface area contributed by atoms with Gasteiger partial charge in [0.05, 0.1) is 12.8 Å². The average Bonchev–Trinajstić information content (AvgIpc) is 2.55. The van der Waals surface area contributed by atoms with Crippen molar-refractivity contribution >= 4 is 0 Å². The normalized spacial score (nSPS) is 11.0. The highest BCUT2D eigenvalue weighted by Gasteiger charge is 1.96. The van der Waals surface area contributed by atoms with Crippen LogP contribution in [0.3, 0.4) is 0 Å². The van der Waals surface area contributed by atoms with Crippen LogP contribution in [0.5, 0.6) is 0 Å². The van der Waals surface area contributed by atoms with Crippen LogP contribution >= 0.6 is 0 Å². The van der Waals surface area contributed by atoms with Gasteiger partial charge in [0, 0.05) is 18.7 Å². The van der Waals surface area contributed by atoms with E-state index in [0.717, 1.165) is 12.3 Å². The molecule has 1 rings (SSSR count). The van der Waals surface area contributed by atoms with Crippen molar-refractivity contribution in [2.24, 2.45) is 0 Å². The molecule has 4 nitrogen and oxygen atoms in total. The van der Waals surface area contributed by atoms with Crippen molar-refractivity contribution in [2.45, 2.75) is 26.5 Å². The summed E-state index contributed by atoms with van der Waals surface area (Å²) in [6.07, 6.45) is 1.62. The Bertz CT molecular complexity index is 209. The monoisotopic (exact) mass is 184 g/mol. The zero-order valence-corrected chi connectivity index (χ0v) is 8.12. The molecule has 1 aromatic heterocycles. The Morgan fingerprint density at radius 1 is 1.62 bits per heavy atom. The number of ether oxygens (including phenoxy) is 1. The quantitative estimate of drug-likeness (QED) is 0.674. The summed E-state index contributed by atoms with van der Waals surface area (Å²) in [5.74, 6) is 0.768. The Morgan fingerprint density at radius 2 is 2.46 bits per heavy atom.